The van der Waals surface area contributed by atoms with Gasteiger partial charge >= 0.3 is 0 Å². The second-order valence-corrected chi connectivity index (χ2v) is 11.0. The molecule has 1 saturated heterocycles. The van der Waals surface area contributed by atoms with Crippen molar-refractivity contribution in [3.63, 3.8) is 0 Å². The van der Waals surface area contributed by atoms with E-state index >= 15 is 0 Å². The summed E-state index contributed by atoms with van der Waals surface area (Å²) in [6.45, 7) is 0. The molecular formula is C12H24S6. The van der Waals surface area contributed by atoms with E-state index in [2.05, 4.69) is 59.6 Å². The minimum atomic E-state index is 0.872. The molecule has 0 bridgehead atoms. The highest BCUT2D eigenvalue weighted by molar-refractivity contribution is 8.08. The molecule has 0 saturated carbocycles. The second kappa shape index (κ2) is 12.8. The first kappa shape index (κ1) is 18.1. The van der Waals surface area contributed by atoms with Crippen LogP contribution in [0.25, 0.3) is 0 Å². The maximum Gasteiger partial charge on any atom is 0.0228 e. The lowest BCUT2D eigenvalue weighted by atomic mass is 10.5. The van der Waals surface area contributed by atoms with Crippen LogP contribution in [-0.4, -0.2) is 69.0 Å². The summed E-state index contributed by atoms with van der Waals surface area (Å²) >= 11 is 12.7. The van der Waals surface area contributed by atoms with Gasteiger partial charge in [-0.1, -0.05) is 0 Å². The molecule has 0 aliphatic carbocycles. The molecule has 0 amide bonds. The Kier molecular flexibility index (Phi) is 12.9. The van der Waals surface area contributed by atoms with Gasteiger partial charge in [-0.2, -0.15) is 70.6 Å². The normalized spacial score (nSPS) is 28.3. The molecule has 0 aromatic rings. The molecule has 1 rings (SSSR count). The van der Waals surface area contributed by atoms with Crippen LogP contribution in [0.1, 0.15) is 0 Å². The molecule has 0 aromatic heterocycles. The summed E-state index contributed by atoms with van der Waals surface area (Å²) in [4.78, 5) is 0. The fraction of sp³-hybridized carbons (Fsp3) is 1.00. The predicted octanol–water partition coefficient (Wildman–Crippen LogP) is 4.40. The van der Waals surface area contributed by atoms with E-state index in [9.17, 15) is 0 Å². The molecule has 6 heteroatoms. The average molecular weight is 361 g/mol. The van der Waals surface area contributed by atoms with Crippen LogP contribution in [0.15, 0.2) is 0 Å². The minimum absolute atomic E-state index is 0.872. The van der Waals surface area contributed by atoms with Gasteiger partial charge in [0, 0.05) is 56.5 Å². The van der Waals surface area contributed by atoms with Gasteiger partial charge in [-0.15, -0.1) is 0 Å². The van der Waals surface area contributed by atoms with Gasteiger partial charge in [0.05, 0.1) is 0 Å². The van der Waals surface area contributed by atoms with Crippen LogP contribution in [-0.2, 0) is 0 Å². The summed E-state index contributed by atoms with van der Waals surface area (Å²) in [5, 5.41) is 1.74. The first-order valence-electron chi connectivity index (χ1n) is 6.23. The van der Waals surface area contributed by atoms with Crippen LogP contribution in [0, 0.1) is 0 Å². The fourth-order valence-corrected chi connectivity index (χ4v) is 9.32. The predicted molar refractivity (Wildman–Crippen MR) is 104 cm³/mol. The van der Waals surface area contributed by atoms with Crippen LogP contribution in [0.5, 0.6) is 0 Å². The Hall–Kier alpha value is 2.10. The molecule has 0 aromatic carbocycles. The van der Waals surface area contributed by atoms with E-state index in [1.165, 1.54) is 46.0 Å². The molecule has 0 radical (unpaired) electrons. The van der Waals surface area contributed by atoms with Gasteiger partial charge in [0.15, 0.2) is 0 Å². The lowest BCUT2D eigenvalue weighted by Crippen LogP contribution is -2.15. The maximum atomic E-state index is 2.24. The summed E-state index contributed by atoms with van der Waals surface area (Å²) in [6.07, 6.45) is 4.47. The van der Waals surface area contributed by atoms with Gasteiger partial charge in [-0.25, -0.2) is 0 Å². The van der Waals surface area contributed by atoms with Crippen LogP contribution >= 0.6 is 70.6 Å². The van der Waals surface area contributed by atoms with E-state index in [4.69, 9.17) is 0 Å². The minimum Gasteiger partial charge on any atom is -0.164 e. The molecule has 2 atom stereocenters. The molecular weight excluding hydrogens is 337 g/mol. The number of rotatable bonds is 4. The third-order valence-electron chi connectivity index (χ3n) is 2.48. The molecule has 1 aliphatic rings. The fourth-order valence-electron chi connectivity index (χ4n) is 1.64. The summed E-state index contributed by atoms with van der Waals surface area (Å²) in [5.74, 6) is 10.7. The Bertz CT molecular complexity index is 157. The molecule has 0 nitrogen and oxygen atoms in total. The van der Waals surface area contributed by atoms with Crippen molar-refractivity contribution in [2.45, 2.75) is 10.5 Å². The summed E-state index contributed by atoms with van der Waals surface area (Å²) in [6, 6.07) is 0. The second-order valence-electron chi connectivity index (χ2n) is 4.05. The van der Waals surface area contributed by atoms with Crippen molar-refractivity contribution in [2.24, 2.45) is 0 Å². The Balaban J connectivity index is 2.28. The topological polar surface area (TPSA) is 0 Å². The smallest absolute Gasteiger partial charge is 0.0228 e. The van der Waals surface area contributed by atoms with Crippen molar-refractivity contribution < 1.29 is 0 Å². The van der Waals surface area contributed by atoms with Gasteiger partial charge in [0.25, 0.3) is 0 Å². The van der Waals surface area contributed by atoms with Crippen molar-refractivity contribution in [1.29, 1.82) is 0 Å². The lowest BCUT2D eigenvalue weighted by Gasteiger charge is -2.19. The van der Waals surface area contributed by atoms with Crippen molar-refractivity contribution >= 4 is 70.6 Å². The van der Waals surface area contributed by atoms with Crippen LogP contribution in [0.4, 0.5) is 0 Å². The summed E-state index contributed by atoms with van der Waals surface area (Å²) in [5.41, 5.74) is 0. The largest absolute Gasteiger partial charge is 0.164 e. The number of hydrogen-bond acceptors (Lipinski definition) is 6. The monoisotopic (exact) mass is 360 g/mol. The van der Waals surface area contributed by atoms with E-state index in [-0.39, 0.29) is 0 Å². The van der Waals surface area contributed by atoms with Crippen molar-refractivity contribution in [2.75, 3.05) is 58.5 Å². The van der Waals surface area contributed by atoms with E-state index < -0.39 is 0 Å². The molecule has 1 heterocycles. The van der Waals surface area contributed by atoms with Crippen LogP contribution < -0.4 is 0 Å². The SMILES string of the molecule is CSCC1CSCCSC(CSC)CSCCS1. The molecule has 1 fully saturated rings. The van der Waals surface area contributed by atoms with E-state index in [1.807, 2.05) is 23.5 Å². The zero-order chi connectivity index (χ0) is 13.1. The maximum absolute atomic E-state index is 2.24. The number of hydrogen-bond donors (Lipinski definition) is 0. The van der Waals surface area contributed by atoms with Crippen molar-refractivity contribution in [1.82, 2.24) is 0 Å². The standard InChI is InChI=1S/C12H24S6/c1-13-7-11-9-15-4-6-18-12(8-14-2)10-16-3-5-17-11/h11-12H,3-10H2,1-2H3. The Morgan fingerprint density at radius 1 is 0.778 bits per heavy atom. The highest BCUT2D eigenvalue weighted by Gasteiger charge is 2.13. The third kappa shape index (κ3) is 9.11. The van der Waals surface area contributed by atoms with Crippen LogP contribution in [0.2, 0.25) is 0 Å². The van der Waals surface area contributed by atoms with Gasteiger partial charge in [-0.3, -0.25) is 0 Å². The zero-order valence-corrected chi connectivity index (χ0v) is 16.2. The van der Waals surface area contributed by atoms with E-state index in [0.29, 0.717) is 0 Å². The first-order valence-corrected chi connectivity index (χ1v) is 13.4. The summed E-state index contributed by atoms with van der Waals surface area (Å²) in [7, 11) is 0. The quantitative estimate of drug-likeness (QED) is 0.723. The first-order chi connectivity index (χ1) is 8.86. The highest BCUT2D eigenvalue weighted by atomic mass is 32.2. The van der Waals surface area contributed by atoms with E-state index in [0.717, 1.165) is 10.5 Å². The molecule has 1 aliphatic heterocycles. The molecule has 2 unspecified atom stereocenters. The average Bonchev–Trinajstić information content (AvgIpc) is 2.35. The molecule has 0 N–H and O–H groups in total. The summed E-state index contributed by atoms with van der Waals surface area (Å²) < 4.78 is 0. The number of thioether (sulfide) groups is 6. The van der Waals surface area contributed by atoms with Gasteiger partial charge in [0.1, 0.15) is 0 Å². The van der Waals surface area contributed by atoms with Crippen LogP contribution in [0.3, 0.4) is 0 Å². The Labute approximate surface area is 138 Å². The van der Waals surface area contributed by atoms with Gasteiger partial charge < -0.3 is 0 Å². The van der Waals surface area contributed by atoms with Crippen molar-refractivity contribution in [3.8, 4) is 0 Å². The third-order valence-corrected chi connectivity index (χ3v) is 10.1. The van der Waals surface area contributed by atoms with Crippen molar-refractivity contribution in [3.05, 3.63) is 0 Å². The Morgan fingerprint density at radius 3 is 1.61 bits per heavy atom. The van der Waals surface area contributed by atoms with E-state index in [1.54, 1.807) is 0 Å². The zero-order valence-electron chi connectivity index (χ0n) is 11.3. The van der Waals surface area contributed by atoms with Gasteiger partial charge in [0.2, 0.25) is 0 Å². The highest BCUT2D eigenvalue weighted by Crippen LogP contribution is 2.26. The molecule has 0 spiro atoms. The molecule has 108 valence electrons. The van der Waals surface area contributed by atoms with Gasteiger partial charge in [-0.05, 0) is 12.5 Å². The molecule has 18 heavy (non-hydrogen) atoms. The lowest BCUT2D eigenvalue weighted by molar-refractivity contribution is 1.13. The Morgan fingerprint density at radius 2 is 1.22 bits per heavy atom.